The number of benzene rings is 1. The molecule has 0 fully saturated rings. The van der Waals surface area contributed by atoms with Gasteiger partial charge < -0.3 is 0 Å². The highest BCUT2D eigenvalue weighted by Gasteiger charge is 2.18. The summed E-state index contributed by atoms with van der Waals surface area (Å²) in [5, 5.41) is 1.09. The van der Waals surface area contributed by atoms with Gasteiger partial charge in [0, 0.05) is 21.2 Å². The van der Waals surface area contributed by atoms with Crippen molar-refractivity contribution < 1.29 is 4.79 Å². The molecule has 2 aromatic rings. The number of halogens is 1. The Balaban J connectivity index is 2.59. The Morgan fingerprint density at radius 3 is 2.93 bits per heavy atom. The molecule has 0 radical (unpaired) electrons. The van der Waals surface area contributed by atoms with Gasteiger partial charge in [-0.2, -0.15) is 0 Å². The average Bonchev–Trinajstić information content (AvgIpc) is 2.50. The van der Waals surface area contributed by atoms with Crippen LogP contribution in [0.1, 0.15) is 15.9 Å². The molecular formula is C11H5BrOS. The van der Waals surface area contributed by atoms with E-state index in [1.807, 2.05) is 24.3 Å². The summed E-state index contributed by atoms with van der Waals surface area (Å²) in [4.78, 5) is 11.6. The zero-order valence-corrected chi connectivity index (χ0v) is 9.48. The highest BCUT2D eigenvalue weighted by molar-refractivity contribution is 9.11. The lowest BCUT2D eigenvalue weighted by Gasteiger charge is -2.05. The van der Waals surface area contributed by atoms with E-state index in [-0.39, 0.29) is 5.78 Å². The lowest BCUT2D eigenvalue weighted by molar-refractivity contribution is 0.104. The van der Waals surface area contributed by atoms with Gasteiger partial charge >= 0.3 is 0 Å². The molecule has 0 aliphatic heterocycles. The zero-order valence-electron chi connectivity index (χ0n) is 7.08. The Morgan fingerprint density at radius 1 is 1.21 bits per heavy atom. The molecule has 1 aromatic heterocycles. The first-order chi connectivity index (χ1) is 6.77. The summed E-state index contributed by atoms with van der Waals surface area (Å²) < 4.78 is 2.27. The van der Waals surface area contributed by atoms with E-state index in [1.54, 1.807) is 17.4 Å². The predicted octanol–water partition coefficient (Wildman–Crippen LogP) is 3.87. The molecule has 0 unspecified atom stereocenters. The molecule has 14 heavy (non-hydrogen) atoms. The van der Waals surface area contributed by atoms with Crippen LogP contribution >= 0.6 is 27.3 Å². The van der Waals surface area contributed by atoms with Crippen LogP contribution in [0.4, 0.5) is 0 Å². The minimum absolute atomic E-state index is 0.105. The average molecular weight is 265 g/mol. The second-order valence-electron chi connectivity index (χ2n) is 3.17. The normalized spacial score (nSPS) is 13.9. The molecule has 0 N–H and O–H groups in total. The standard InChI is InChI=1S/C11H5BrOS/c12-11-7-4-5-8(13)6-2-1-3-9(14-11)10(6)7/h1-5H. The van der Waals surface area contributed by atoms with E-state index in [0.717, 1.165) is 20.3 Å². The molecule has 0 amide bonds. The third-order valence-electron chi connectivity index (χ3n) is 2.37. The Morgan fingerprint density at radius 2 is 2.07 bits per heavy atom. The monoisotopic (exact) mass is 264 g/mol. The number of carbonyl (C=O) groups is 1. The van der Waals surface area contributed by atoms with Crippen molar-refractivity contribution in [2.45, 2.75) is 0 Å². The minimum Gasteiger partial charge on any atom is -0.289 e. The highest BCUT2D eigenvalue weighted by Crippen LogP contribution is 2.40. The first kappa shape index (κ1) is 8.38. The van der Waals surface area contributed by atoms with Gasteiger partial charge in [-0.15, -0.1) is 11.3 Å². The summed E-state index contributed by atoms with van der Waals surface area (Å²) in [7, 11) is 0. The summed E-state index contributed by atoms with van der Waals surface area (Å²) in [6.07, 6.45) is 3.52. The van der Waals surface area contributed by atoms with E-state index in [0.29, 0.717) is 0 Å². The van der Waals surface area contributed by atoms with Crippen LogP contribution in [0.5, 0.6) is 0 Å². The largest absolute Gasteiger partial charge is 0.289 e. The van der Waals surface area contributed by atoms with Gasteiger partial charge in [0.1, 0.15) is 0 Å². The number of hydrogen-bond donors (Lipinski definition) is 0. The number of thiophene rings is 1. The molecule has 3 heteroatoms. The maximum atomic E-state index is 11.6. The van der Waals surface area contributed by atoms with Crippen molar-refractivity contribution in [2.75, 3.05) is 0 Å². The van der Waals surface area contributed by atoms with Crippen LogP contribution in [0.3, 0.4) is 0 Å². The number of rotatable bonds is 0. The number of ketones is 1. The van der Waals surface area contributed by atoms with E-state index < -0.39 is 0 Å². The molecule has 1 aliphatic rings. The molecule has 3 rings (SSSR count). The molecule has 0 spiro atoms. The van der Waals surface area contributed by atoms with Gasteiger partial charge in [0.2, 0.25) is 0 Å². The maximum absolute atomic E-state index is 11.6. The molecule has 1 nitrogen and oxygen atoms in total. The van der Waals surface area contributed by atoms with Crippen molar-refractivity contribution in [3.05, 3.63) is 39.2 Å². The third kappa shape index (κ3) is 0.967. The fourth-order valence-corrected chi connectivity index (χ4v) is 3.54. The Kier molecular flexibility index (Phi) is 1.66. The maximum Gasteiger partial charge on any atom is 0.186 e. The molecular weight excluding hydrogens is 260 g/mol. The van der Waals surface area contributed by atoms with Crippen molar-refractivity contribution in [3.63, 3.8) is 0 Å². The van der Waals surface area contributed by atoms with Gasteiger partial charge in [0.25, 0.3) is 0 Å². The lowest BCUT2D eigenvalue weighted by Crippen LogP contribution is -1.98. The summed E-state index contributed by atoms with van der Waals surface area (Å²) in [6.45, 7) is 0. The van der Waals surface area contributed by atoms with Crippen molar-refractivity contribution in [1.29, 1.82) is 0 Å². The van der Waals surface area contributed by atoms with Crippen LogP contribution in [0.25, 0.3) is 16.2 Å². The zero-order chi connectivity index (χ0) is 9.71. The molecule has 0 atom stereocenters. The first-order valence-electron chi connectivity index (χ1n) is 4.21. The Labute approximate surface area is 93.2 Å². The third-order valence-corrected chi connectivity index (χ3v) is 4.25. The van der Waals surface area contributed by atoms with Gasteiger partial charge in [-0.1, -0.05) is 12.1 Å². The minimum atomic E-state index is 0.105. The van der Waals surface area contributed by atoms with Crippen LogP contribution in [0, 0.1) is 0 Å². The lowest BCUT2D eigenvalue weighted by atomic mass is 9.98. The second-order valence-corrected chi connectivity index (χ2v) is 5.54. The van der Waals surface area contributed by atoms with Crippen LogP contribution < -0.4 is 0 Å². The Hall–Kier alpha value is -0.930. The number of hydrogen-bond acceptors (Lipinski definition) is 2. The van der Waals surface area contributed by atoms with Crippen LogP contribution in [0.2, 0.25) is 0 Å². The summed E-state index contributed by atoms with van der Waals surface area (Å²) in [6, 6.07) is 5.86. The van der Waals surface area contributed by atoms with E-state index in [1.165, 1.54) is 4.70 Å². The molecule has 1 aliphatic carbocycles. The van der Waals surface area contributed by atoms with E-state index in [2.05, 4.69) is 15.9 Å². The van der Waals surface area contributed by atoms with Crippen LogP contribution in [-0.4, -0.2) is 5.78 Å². The van der Waals surface area contributed by atoms with E-state index in [4.69, 9.17) is 0 Å². The fourth-order valence-electron chi connectivity index (χ4n) is 1.75. The fraction of sp³-hybridized carbons (Fsp3) is 0. The SMILES string of the molecule is O=C1C=Cc2c(Br)sc3cccc1c23. The number of carbonyl (C=O) groups excluding carboxylic acids is 1. The topological polar surface area (TPSA) is 17.1 Å². The van der Waals surface area contributed by atoms with Crippen LogP contribution in [0.15, 0.2) is 28.1 Å². The van der Waals surface area contributed by atoms with E-state index >= 15 is 0 Å². The van der Waals surface area contributed by atoms with E-state index in [9.17, 15) is 4.79 Å². The van der Waals surface area contributed by atoms with Crippen molar-refractivity contribution in [1.82, 2.24) is 0 Å². The summed E-state index contributed by atoms with van der Waals surface area (Å²) >= 11 is 5.19. The van der Waals surface area contributed by atoms with Gasteiger partial charge in [0.05, 0.1) is 3.79 Å². The molecule has 1 aromatic carbocycles. The van der Waals surface area contributed by atoms with Crippen LogP contribution in [-0.2, 0) is 0 Å². The van der Waals surface area contributed by atoms with Gasteiger partial charge in [-0.25, -0.2) is 0 Å². The Bertz CT molecular complexity index is 580. The quantitative estimate of drug-likeness (QED) is 0.706. The van der Waals surface area contributed by atoms with Gasteiger partial charge in [-0.05, 0) is 34.1 Å². The van der Waals surface area contributed by atoms with Crippen molar-refractivity contribution in [3.8, 4) is 0 Å². The van der Waals surface area contributed by atoms with Gasteiger partial charge in [0.15, 0.2) is 5.78 Å². The van der Waals surface area contributed by atoms with Crippen molar-refractivity contribution >= 4 is 49.2 Å². The molecule has 68 valence electrons. The number of allylic oxidation sites excluding steroid dienone is 1. The van der Waals surface area contributed by atoms with Crippen molar-refractivity contribution in [2.24, 2.45) is 0 Å². The molecule has 0 saturated heterocycles. The molecule has 0 saturated carbocycles. The second kappa shape index (κ2) is 2.78. The molecule has 0 bridgehead atoms. The molecule has 1 heterocycles. The summed E-state index contributed by atoms with van der Waals surface area (Å²) in [5.41, 5.74) is 1.96. The highest BCUT2D eigenvalue weighted by atomic mass is 79.9. The smallest absolute Gasteiger partial charge is 0.186 e. The predicted molar refractivity (Wildman–Crippen MR) is 62.9 cm³/mol. The first-order valence-corrected chi connectivity index (χ1v) is 5.82. The summed E-state index contributed by atoms with van der Waals surface area (Å²) in [5.74, 6) is 0.105. The van der Waals surface area contributed by atoms with Gasteiger partial charge in [-0.3, -0.25) is 4.79 Å².